The van der Waals surface area contributed by atoms with Crippen molar-refractivity contribution in [2.24, 2.45) is 5.92 Å². The molecule has 0 spiro atoms. The van der Waals surface area contributed by atoms with E-state index in [1.54, 1.807) is 4.90 Å². The average Bonchev–Trinajstić information content (AvgIpc) is 3.01. The van der Waals surface area contributed by atoms with Crippen LogP contribution in [0.25, 0.3) is 0 Å². The summed E-state index contributed by atoms with van der Waals surface area (Å²) in [6.45, 7) is 3.29. The highest BCUT2D eigenvalue weighted by atomic mass is 32.2. The zero-order valence-electron chi connectivity index (χ0n) is 14.7. The van der Waals surface area contributed by atoms with Crippen LogP contribution in [-0.4, -0.2) is 74.4 Å². The molecular formula is C18H24N2O5S. The molecule has 1 aromatic rings. The van der Waals surface area contributed by atoms with Gasteiger partial charge in [0.1, 0.15) is 0 Å². The van der Waals surface area contributed by atoms with Crippen molar-refractivity contribution in [1.82, 2.24) is 9.80 Å². The quantitative estimate of drug-likeness (QED) is 0.684. The Morgan fingerprint density at radius 1 is 1.08 bits per heavy atom. The lowest BCUT2D eigenvalue weighted by molar-refractivity contribution is -0.155. The molecule has 3 rings (SSSR count). The van der Waals surface area contributed by atoms with Crippen molar-refractivity contribution in [3.8, 4) is 0 Å². The van der Waals surface area contributed by atoms with Gasteiger partial charge in [-0.1, -0.05) is 30.3 Å². The molecule has 0 aromatic heterocycles. The summed E-state index contributed by atoms with van der Waals surface area (Å²) in [5.74, 6) is -1.58. The van der Waals surface area contributed by atoms with Gasteiger partial charge in [0.2, 0.25) is 0 Å². The van der Waals surface area contributed by atoms with Gasteiger partial charge in [-0.2, -0.15) is 0 Å². The molecule has 0 aliphatic carbocycles. The van der Waals surface area contributed by atoms with Crippen molar-refractivity contribution >= 4 is 21.7 Å². The first-order valence-electron chi connectivity index (χ1n) is 8.84. The zero-order chi connectivity index (χ0) is 18.6. The van der Waals surface area contributed by atoms with Crippen LogP contribution < -0.4 is 0 Å². The van der Waals surface area contributed by atoms with Crippen LogP contribution in [-0.2, 0) is 30.7 Å². The van der Waals surface area contributed by atoms with E-state index in [1.807, 2.05) is 18.2 Å². The van der Waals surface area contributed by atoms with Crippen LogP contribution in [0.4, 0.5) is 0 Å². The van der Waals surface area contributed by atoms with Gasteiger partial charge < -0.3 is 9.64 Å². The zero-order valence-corrected chi connectivity index (χ0v) is 15.5. The summed E-state index contributed by atoms with van der Waals surface area (Å²) in [5, 5.41) is 0. The number of nitrogens with zero attached hydrogens (tertiary/aromatic N) is 2. The molecule has 2 heterocycles. The third-order valence-corrected chi connectivity index (χ3v) is 6.65. The third-order valence-electron chi connectivity index (χ3n) is 4.88. The summed E-state index contributed by atoms with van der Waals surface area (Å²) in [5.41, 5.74) is 1.24. The minimum absolute atomic E-state index is 0.0179. The molecule has 1 amide bonds. The maximum atomic E-state index is 12.2. The molecule has 0 N–H and O–H groups in total. The van der Waals surface area contributed by atoms with Crippen LogP contribution in [0.1, 0.15) is 12.0 Å². The fraction of sp³-hybridized carbons (Fsp3) is 0.556. The van der Waals surface area contributed by atoms with Crippen molar-refractivity contribution in [3.05, 3.63) is 35.9 Å². The molecule has 2 aliphatic rings. The molecule has 2 saturated heterocycles. The second kappa shape index (κ2) is 8.18. The van der Waals surface area contributed by atoms with E-state index >= 15 is 0 Å². The number of sulfone groups is 1. The van der Waals surface area contributed by atoms with Crippen LogP contribution in [0.3, 0.4) is 0 Å². The minimum atomic E-state index is -3.13. The Labute approximate surface area is 153 Å². The van der Waals surface area contributed by atoms with Crippen LogP contribution >= 0.6 is 0 Å². The lowest BCUT2D eigenvalue weighted by atomic mass is 10.1. The van der Waals surface area contributed by atoms with E-state index in [2.05, 4.69) is 17.0 Å². The number of piperazine rings is 1. The van der Waals surface area contributed by atoms with E-state index in [-0.39, 0.29) is 30.4 Å². The van der Waals surface area contributed by atoms with Gasteiger partial charge in [0, 0.05) is 32.7 Å². The molecule has 26 heavy (non-hydrogen) atoms. The Bertz CT molecular complexity index is 742. The Balaban J connectivity index is 1.39. The van der Waals surface area contributed by atoms with Gasteiger partial charge in [-0.3, -0.25) is 14.5 Å². The number of carbonyl (C=O) groups excluding carboxylic acids is 2. The van der Waals surface area contributed by atoms with Crippen molar-refractivity contribution < 1.29 is 22.7 Å². The first-order chi connectivity index (χ1) is 12.4. The second-order valence-corrected chi connectivity index (χ2v) is 9.08. The van der Waals surface area contributed by atoms with Gasteiger partial charge >= 0.3 is 5.97 Å². The van der Waals surface area contributed by atoms with Crippen LogP contribution in [0.15, 0.2) is 30.3 Å². The number of amides is 1. The predicted octanol–water partition coefficient (Wildman–Crippen LogP) is 0.309. The van der Waals surface area contributed by atoms with Crippen LogP contribution in [0, 0.1) is 5.92 Å². The monoisotopic (exact) mass is 380 g/mol. The predicted molar refractivity (Wildman–Crippen MR) is 96.0 cm³/mol. The van der Waals surface area contributed by atoms with Crippen molar-refractivity contribution in [3.63, 3.8) is 0 Å². The highest BCUT2D eigenvalue weighted by molar-refractivity contribution is 7.91. The Morgan fingerprint density at radius 2 is 1.77 bits per heavy atom. The second-order valence-electron chi connectivity index (χ2n) is 6.85. The molecule has 0 bridgehead atoms. The standard InChI is InChI=1S/C18H24N2O5S/c21-17(13-25-18(22)16-6-11-26(23,24)14-16)20-9-7-19(8-10-20)12-15-4-2-1-3-5-15/h1-5,16H,6-14H2. The van der Waals surface area contributed by atoms with E-state index in [0.717, 1.165) is 19.6 Å². The van der Waals surface area contributed by atoms with Gasteiger partial charge in [-0.15, -0.1) is 0 Å². The van der Waals surface area contributed by atoms with Gasteiger partial charge in [0.05, 0.1) is 17.4 Å². The highest BCUT2D eigenvalue weighted by Gasteiger charge is 2.34. The topological polar surface area (TPSA) is 84.0 Å². The SMILES string of the molecule is O=C(OCC(=O)N1CCN(Cc2ccccc2)CC1)C1CCS(=O)(=O)C1. The van der Waals surface area contributed by atoms with Crippen LogP contribution in [0.2, 0.25) is 0 Å². The van der Waals surface area contributed by atoms with E-state index in [0.29, 0.717) is 13.1 Å². The lowest BCUT2D eigenvalue weighted by Gasteiger charge is -2.34. The lowest BCUT2D eigenvalue weighted by Crippen LogP contribution is -2.49. The minimum Gasteiger partial charge on any atom is -0.455 e. The van der Waals surface area contributed by atoms with Gasteiger partial charge in [-0.05, 0) is 12.0 Å². The first kappa shape index (κ1) is 18.8. The summed E-state index contributed by atoms with van der Waals surface area (Å²) in [4.78, 5) is 28.1. The molecule has 0 saturated carbocycles. The molecule has 142 valence electrons. The summed E-state index contributed by atoms with van der Waals surface area (Å²) in [6.07, 6.45) is 0.285. The number of benzene rings is 1. The van der Waals surface area contributed by atoms with Gasteiger partial charge in [0.15, 0.2) is 16.4 Å². The first-order valence-corrected chi connectivity index (χ1v) is 10.7. The van der Waals surface area contributed by atoms with Crippen LogP contribution in [0.5, 0.6) is 0 Å². The molecular weight excluding hydrogens is 356 g/mol. The maximum absolute atomic E-state index is 12.2. The Kier molecular flexibility index (Phi) is 5.93. The third kappa shape index (κ3) is 5.04. The molecule has 7 nitrogen and oxygen atoms in total. The number of carbonyl (C=O) groups is 2. The number of rotatable bonds is 5. The summed E-state index contributed by atoms with van der Waals surface area (Å²) in [6, 6.07) is 10.2. The molecule has 1 atom stereocenters. The molecule has 1 unspecified atom stereocenters. The summed E-state index contributed by atoms with van der Waals surface area (Å²) >= 11 is 0. The smallest absolute Gasteiger partial charge is 0.310 e. The summed E-state index contributed by atoms with van der Waals surface area (Å²) < 4.78 is 27.9. The normalized spacial score (nSPS) is 22.9. The summed E-state index contributed by atoms with van der Waals surface area (Å²) in [7, 11) is -3.13. The van der Waals surface area contributed by atoms with Crippen molar-refractivity contribution in [2.45, 2.75) is 13.0 Å². The van der Waals surface area contributed by atoms with E-state index in [1.165, 1.54) is 5.56 Å². The van der Waals surface area contributed by atoms with E-state index < -0.39 is 21.7 Å². The fourth-order valence-corrected chi connectivity index (χ4v) is 5.05. The number of hydrogen-bond acceptors (Lipinski definition) is 6. The number of hydrogen-bond donors (Lipinski definition) is 0. The molecule has 8 heteroatoms. The van der Waals surface area contributed by atoms with Crippen molar-refractivity contribution in [1.29, 1.82) is 0 Å². The average molecular weight is 380 g/mol. The number of ether oxygens (including phenoxy) is 1. The molecule has 0 radical (unpaired) electrons. The fourth-order valence-electron chi connectivity index (χ4n) is 3.32. The molecule has 2 fully saturated rings. The molecule has 2 aliphatic heterocycles. The van der Waals surface area contributed by atoms with Gasteiger partial charge in [0.25, 0.3) is 5.91 Å². The largest absolute Gasteiger partial charge is 0.455 e. The van der Waals surface area contributed by atoms with E-state index in [4.69, 9.17) is 4.74 Å². The van der Waals surface area contributed by atoms with Gasteiger partial charge in [-0.25, -0.2) is 8.42 Å². The number of esters is 1. The Morgan fingerprint density at radius 3 is 2.38 bits per heavy atom. The molecule has 1 aromatic carbocycles. The Hall–Kier alpha value is -1.93. The maximum Gasteiger partial charge on any atom is 0.310 e. The van der Waals surface area contributed by atoms with E-state index in [9.17, 15) is 18.0 Å². The van der Waals surface area contributed by atoms with Crippen molar-refractivity contribution in [2.75, 3.05) is 44.3 Å². The highest BCUT2D eigenvalue weighted by Crippen LogP contribution is 2.19.